The third-order valence-electron chi connectivity index (χ3n) is 2.54. The predicted molar refractivity (Wildman–Crippen MR) is 79.7 cm³/mol. The van der Waals surface area contributed by atoms with Gasteiger partial charge in [-0.3, -0.25) is 4.79 Å². The molecule has 0 spiro atoms. The molecule has 20 heavy (non-hydrogen) atoms. The van der Waals surface area contributed by atoms with E-state index in [0.29, 0.717) is 17.2 Å². The molecular formula is C13H14N2O3S2. The predicted octanol–water partition coefficient (Wildman–Crippen LogP) is 3.04. The van der Waals surface area contributed by atoms with Crippen LogP contribution < -0.4 is 5.32 Å². The Labute approximate surface area is 124 Å². The molecule has 0 aromatic carbocycles. The zero-order chi connectivity index (χ0) is 14.5. The maximum absolute atomic E-state index is 11.8. The molecule has 2 N–H and O–H groups in total. The Balaban J connectivity index is 2.07. The molecule has 106 valence electrons. The van der Waals surface area contributed by atoms with Gasteiger partial charge in [0.1, 0.15) is 4.88 Å². The van der Waals surface area contributed by atoms with Gasteiger partial charge >= 0.3 is 5.97 Å². The number of aromatic nitrogens is 1. The minimum absolute atomic E-state index is 0.179. The molecule has 0 saturated heterocycles. The molecule has 0 bridgehead atoms. The molecule has 2 aromatic rings. The molecule has 2 heterocycles. The summed E-state index contributed by atoms with van der Waals surface area (Å²) >= 11 is 2.52. The maximum atomic E-state index is 11.8. The van der Waals surface area contributed by atoms with Crippen LogP contribution in [0.2, 0.25) is 0 Å². The van der Waals surface area contributed by atoms with Gasteiger partial charge in [-0.15, -0.1) is 11.3 Å². The molecule has 2 aromatic heterocycles. The average molecular weight is 310 g/mol. The number of carboxylic acids is 1. The van der Waals surface area contributed by atoms with E-state index in [1.165, 1.54) is 11.3 Å². The number of carboxylic acid groups (broad SMARTS) is 1. The van der Waals surface area contributed by atoms with Crippen LogP contribution in [0.5, 0.6) is 0 Å². The first-order chi connectivity index (χ1) is 9.60. The lowest BCUT2D eigenvalue weighted by molar-refractivity contribution is -0.115. The second-order valence-corrected chi connectivity index (χ2v) is 6.19. The van der Waals surface area contributed by atoms with E-state index in [0.717, 1.165) is 22.6 Å². The third kappa shape index (κ3) is 3.64. The van der Waals surface area contributed by atoms with E-state index in [-0.39, 0.29) is 17.2 Å². The van der Waals surface area contributed by atoms with Gasteiger partial charge in [0.2, 0.25) is 5.91 Å². The van der Waals surface area contributed by atoms with Gasteiger partial charge in [-0.25, -0.2) is 9.78 Å². The molecule has 0 unspecified atom stereocenters. The van der Waals surface area contributed by atoms with Gasteiger partial charge in [0.25, 0.3) is 0 Å². The standard InChI is InChI=1S/C13H14N2O3S2/c1-2-4-9-11(12(17)18)20-13(14-9)15-10(16)7-8-5-3-6-19-8/h3,5-6H,2,4,7H2,1H3,(H,17,18)(H,14,15,16). The Kier molecular flexibility index (Phi) is 4.86. The zero-order valence-electron chi connectivity index (χ0n) is 10.9. The first kappa shape index (κ1) is 14.7. The number of rotatable bonds is 6. The summed E-state index contributed by atoms with van der Waals surface area (Å²) in [5.74, 6) is -1.18. The second kappa shape index (κ2) is 6.62. The number of nitrogens with one attached hydrogen (secondary N) is 1. The Hall–Kier alpha value is -1.73. The lowest BCUT2D eigenvalue weighted by Crippen LogP contribution is -2.13. The molecule has 5 nitrogen and oxygen atoms in total. The Bertz CT molecular complexity index is 605. The summed E-state index contributed by atoms with van der Waals surface area (Å²) in [5.41, 5.74) is 0.538. The number of carbonyl (C=O) groups is 2. The summed E-state index contributed by atoms with van der Waals surface area (Å²) in [6, 6.07) is 3.77. The van der Waals surface area contributed by atoms with Gasteiger partial charge in [-0.2, -0.15) is 0 Å². The Morgan fingerprint density at radius 3 is 2.85 bits per heavy atom. The molecular weight excluding hydrogens is 296 g/mol. The third-order valence-corrected chi connectivity index (χ3v) is 4.42. The normalized spacial score (nSPS) is 10.4. The van der Waals surface area contributed by atoms with Crippen molar-refractivity contribution < 1.29 is 14.7 Å². The van der Waals surface area contributed by atoms with Crippen LogP contribution in [-0.4, -0.2) is 22.0 Å². The zero-order valence-corrected chi connectivity index (χ0v) is 12.5. The monoisotopic (exact) mass is 310 g/mol. The largest absolute Gasteiger partial charge is 0.477 e. The van der Waals surface area contributed by atoms with Crippen LogP contribution in [0.1, 0.15) is 33.6 Å². The Morgan fingerprint density at radius 1 is 1.45 bits per heavy atom. The van der Waals surface area contributed by atoms with Crippen LogP contribution in [0.3, 0.4) is 0 Å². The fourth-order valence-corrected chi connectivity index (χ4v) is 3.28. The summed E-state index contributed by atoms with van der Waals surface area (Å²) in [7, 11) is 0. The molecule has 0 fully saturated rings. The minimum Gasteiger partial charge on any atom is -0.477 e. The number of nitrogens with zero attached hydrogens (tertiary/aromatic N) is 1. The lowest BCUT2D eigenvalue weighted by atomic mass is 10.2. The van der Waals surface area contributed by atoms with Gasteiger partial charge in [0.05, 0.1) is 12.1 Å². The molecule has 7 heteroatoms. The van der Waals surface area contributed by atoms with E-state index >= 15 is 0 Å². The number of carbonyl (C=O) groups excluding carboxylic acids is 1. The second-order valence-electron chi connectivity index (χ2n) is 4.15. The molecule has 0 radical (unpaired) electrons. The molecule has 0 aliphatic heterocycles. The number of hydrogen-bond donors (Lipinski definition) is 2. The maximum Gasteiger partial charge on any atom is 0.347 e. The van der Waals surface area contributed by atoms with Crippen molar-refractivity contribution in [2.75, 3.05) is 5.32 Å². The van der Waals surface area contributed by atoms with Crippen molar-refractivity contribution in [3.63, 3.8) is 0 Å². The van der Waals surface area contributed by atoms with E-state index < -0.39 is 5.97 Å². The number of amides is 1. The first-order valence-electron chi connectivity index (χ1n) is 6.15. The highest BCUT2D eigenvalue weighted by atomic mass is 32.1. The van der Waals surface area contributed by atoms with E-state index in [4.69, 9.17) is 5.11 Å². The molecule has 0 atom stereocenters. The molecule has 0 saturated carbocycles. The van der Waals surface area contributed by atoms with Gasteiger partial charge < -0.3 is 10.4 Å². The summed E-state index contributed by atoms with van der Waals surface area (Å²) < 4.78 is 0. The summed E-state index contributed by atoms with van der Waals surface area (Å²) in [5, 5.41) is 14.0. The van der Waals surface area contributed by atoms with E-state index in [1.807, 2.05) is 24.4 Å². The molecule has 0 aliphatic rings. The van der Waals surface area contributed by atoms with Crippen molar-refractivity contribution in [3.8, 4) is 0 Å². The van der Waals surface area contributed by atoms with Gasteiger partial charge in [0.15, 0.2) is 5.13 Å². The number of aromatic carboxylic acids is 1. The van der Waals surface area contributed by atoms with Crippen molar-refractivity contribution >= 4 is 39.7 Å². The van der Waals surface area contributed by atoms with Crippen molar-refractivity contribution in [2.45, 2.75) is 26.2 Å². The highest BCUT2D eigenvalue weighted by molar-refractivity contribution is 7.17. The topological polar surface area (TPSA) is 79.3 Å². The quantitative estimate of drug-likeness (QED) is 0.859. The molecule has 0 aliphatic carbocycles. The van der Waals surface area contributed by atoms with Crippen LogP contribution in [-0.2, 0) is 17.6 Å². The number of aryl methyl sites for hydroxylation is 1. The van der Waals surface area contributed by atoms with Crippen LogP contribution >= 0.6 is 22.7 Å². The van der Waals surface area contributed by atoms with Crippen molar-refractivity contribution in [2.24, 2.45) is 0 Å². The average Bonchev–Trinajstić information content (AvgIpc) is 2.99. The Morgan fingerprint density at radius 2 is 2.25 bits per heavy atom. The van der Waals surface area contributed by atoms with Crippen LogP contribution in [0, 0.1) is 0 Å². The van der Waals surface area contributed by atoms with Crippen molar-refractivity contribution in [3.05, 3.63) is 33.0 Å². The van der Waals surface area contributed by atoms with Gasteiger partial charge in [-0.05, 0) is 17.9 Å². The van der Waals surface area contributed by atoms with Crippen molar-refractivity contribution in [1.82, 2.24) is 4.98 Å². The van der Waals surface area contributed by atoms with E-state index in [1.54, 1.807) is 0 Å². The van der Waals surface area contributed by atoms with E-state index in [2.05, 4.69) is 10.3 Å². The highest BCUT2D eigenvalue weighted by Gasteiger charge is 2.17. The number of anilines is 1. The smallest absolute Gasteiger partial charge is 0.347 e. The van der Waals surface area contributed by atoms with Crippen LogP contribution in [0.4, 0.5) is 5.13 Å². The van der Waals surface area contributed by atoms with Gasteiger partial charge in [-0.1, -0.05) is 30.7 Å². The lowest BCUT2D eigenvalue weighted by Gasteiger charge is -1.99. The highest BCUT2D eigenvalue weighted by Crippen LogP contribution is 2.24. The number of hydrogen-bond acceptors (Lipinski definition) is 5. The summed E-state index contributed by atoms with van der Waals surface area (Å²) in [4.78, 5) is 28.3. The molecule has 1 amide bonds. The minimum atomic E-state index is -0.996. The van der Waals surface area contributed by atoms with Crippen molar-refractivity contribution in [1.29, 1.82) is 0 Å². The summed E-state index contributed by atoms with van der Waals surface area (Å²) in [6.45, 7) is 1.96. The molecule has 2 rings (SSSR count). The fourth-order valence-electron chi connectivity index (χ4n) is 1.71. The summed E-state index contributed by atoms with van der Waals surface area (Å²) in [6.07, 6.45) is 1.69. The van der Waals surface area contributed by atoms with Crippen LogP contribution in [0.25, 0.3) is 0 Å². The first-order valence-corrected chi connectivity index (χ1v) is 7.85. The van der Waals surface area contributed by atoms with Gasteiger partial charge in [0, 0.05) is 4.88 Å². The van der Waals surface area contributed by atoms with E-state index in [9.17, 15) is 9.59 Å². The van der Waals surface area contributed by atoms with Crippen LogP contribution in [0.15, 0.2) is 17.5 Å². The number of thiophene rings is 1. The number of thiazole rings is 1. The fraction of sp³-hybridized carbons (Fsp3) is 0.308. The SMILES string of the molecule is CCCc1nc(NC(=O)Cc2cccs2)sc1C(=O)O.